The van der Waals surface area contributed by atoms with Gasteiger partial charge < -0.3 is 4.57 Å². The molecule has 0 bridgehead atoms. The van der Waals surface area contributed by atoms with E-state index in [0.717, 1.165) is 45.0 Å². The molecule has 0 aliphatic rings. The first-order chi connectivity index (χ1) is 23.3. The summed E-state index contributed by atoms with van der Waals surface area (Å²) in [4.78, 5) is 5.45. The van der Waals surface area contributed by atoms with Gasteiger partial charge in [-0.1, -0.05) is 115 Å². The van der Waals surface area contributed by atoms with Crippen LogP contribution in [0.15, 0.2) is 170 Å². The molecule has 0 aliphatic carbocycles. The predicted molar refractivity (Wildman–Crippen MR) is 195 cm³/mol. The lowest BCUT2D eigenvalue weighted by Gasteiger charge is -2.09. The van der Waals surface area contributed by atoms with Crippen LogP contribution in [-0.2, 0) is 0 Å². The molecule has 0 unspecified atom stereocenters. The molecule has 6 aromatic carbocycles. The molecule has 220 valence electrons. The van der Waals surface area contributed by atoms with Crippen LogP contribution >= 0.6 is 0 Å². The number of nitrogens with zero attached hydrogens (tertiary/aromatic N) is 4. The van der Waals surface area contributed by atoms with Crippen molar-refractivity contribution >= 4 is 49.0 Å². The van der Waals surface area contributed by atoms with E-state index in [1.807, 2.05) is 0 Å². The predicted octanol–water partition coefficient (Wildman–Crippen LogP) is 10.9. The maximum absolute atomic E-state index is 5.45. The Morgan fingerprint density at radius 1 is 0.426 bits per heavy atom. The molecule has 4 nitrogen and oxygen atoms in total. The van der Waals surface area contributed by atoms with Crippen LogP contribution in [0.1, 0.15) is 0 Å². The molecule has 0 amide bonds. The molecule has 0 saturated carbocycles. The number of aromatic nitrogens is 4. The van der Waals surface area contributed by atoms with Crippen molar-refractivity contribution in [3.8, 4) is 34.0 Å². The first-order valence-electron chi connectivity index (χ1n) is 16.0. The van der Waals surface area contributed by atoms with E-state index in [9.17, 15) is 0 Å². The third kappa shape index (κ3) is 3.85. The smallest absolute Gasteiger partial charge is 0.220 e. The molecule has 10 rings (SSSR count). The topological polar surface area (TPSA) is 27.2 Å². The standard InChI is InChI=1S/C43H28N4/c1-2-13-32(14-3-1)45-28-26-37-38(45)25-24-36-35-16-6-7-18-39(35)47(42(36)37)43-44-41(40-19-8-9-27-46(40)43)31-22-20-30(21-23-31)34-17-10-12-29-11-4-5-15-33(29)34/h1-28H. The molecule has 4 heterocycles. The van der Waals surface area contributed by atoms with Crippen molar-refractivity contribution in [2.24, 2.45) is 0 Å². The lowest BCUT2D eigenvalue weighted by atomic mass is 9.97. The van der Waals surface area contributed by atoms with Crippen LogP contribution in [0.2, 0.25) is 0 Å². The Labute approximate surface area is 271 Å². The second-order valence-electron chi connectivity index (χ2n) is 12.1. The van der Waals surface area contributed by atoms with Crippen LogP contribution in [0, 0.1) is 0 Å². The fourth-order valence-electron chi connectivity index (χ4n) is 7.37. The third-order valence-corrected chi connectivity index (χ3v) is 9.53. The van der Waals surface area contributed by atoms with Gasteiger partial charge in [0.1, 0.15) is 0 Å². The number of fused-ring (bicyclic) bond motifs is 7. The quantitative estimate of drug-likeness (QED) is 0.197. The maximum atomic E-state index is 5.45. The zero-order valence-electron chi connectivity index (χ0n) is 25.5. The minimum Gasteiger partial charge on any atom is -0.316 e. The van der Waals surface area contributed by atoms with Gasteiger partial charge in [-0.25, -0.2) is 4.98 Å². The number of benzene rings is 6. The molecule has 47 heavy (non-hydrogen) atoms. The molecule has 0 atom stereocenters. The van der Waals surface area contributed by atoms with Crippen LogP contribution in [-0.4, -0.2) is 18.5 Å². The van der Waals surface area contributed by atoms with E-state index in [2.05, 4.69) is 184 Å². The maximum Gasteiger partial charge on any atom is 0.220 e. The summed E-state index contributed by atoms with van der Waals surface area (Å²) in [6.45, 7) is 0. The summed E-state index contributed by atoms with van der Waals surface area (Å²) >= 11 is 0. The summed E-state index contributed by atoms with van der Waals surface area (Å²) in [5, 5.41) is 6.13. The van der Waals surface area contributed by atoms with Gasteiger partial charge in [-0.05, 0) is 64.4 Å². The third-order valence-electron chi connectivity index (χ3n) is 9.53. The molecule has 0 aliphatic heterocycles. The van der Waals surface area contributed by atoms with Gasteiger partial charge in [0.25, 0.3) is 0 Å². The summed E-state index contributed by atoms with van der Waals surface area (Å²) in [5.41, 5.74) is 10.2. The van der Waals surface area contributed by atoms with Gasteiger partial charge in [-0.3, -0.25) is 8.97 Å². The number of hydrogen-bond donors (Lipinski definition) is 0. The largest absolute Gasteiger partial charge is 0.316 e. The zero-order valence-corrected chi connectivity index (χ0v) is 25.5. The molecule has 0 spiro atoms. The molecule has 0 N–H and O–H groups in total. The van der Waals surface area contributed by atoms with E-state index in [1.165, 1.54) is 38.1 Å². The Bertz CT molecular complexity index is 2770. The monoisotopic (exact) mass is 600 g/mol. The Kier molecular flexibility index (Phi) is 5.54. The summed E-state index contributed by atoms with van der Waals surface area (Å²) in [6, 6.07) is 56.2. The fraction of sp³-hybridized carbons (Fsp3) is 0. The van der Waals surface area contributed by atoms with Crippen LogP contribution in [0.5, 0.6) is 0 Å². The highest BCUT2D eigenvalue weighted by atomic mass is 15.2. The van der Waals surface area contributed by atoms with Gasteiger partial charge in [-0.2, -0.15) is 0 Å². The number of imidazole rings is 1. The average Bonchev–Trinajstić information content (AvgIpc) is 3.84. The Morgan fingerprint density at radius 2 is 1.15 bits per heavy atom. The van der Waals surface area contributed by atoms with Crippen molar-refractivity contribution in [2.75, 3.05) is 0 Å². The summed E-state index contributed by atoms with van der Waals surface area (Å²) in [7, 11) is 0. The molecule has 4 aromatic heterocycles. The minimum absolute atomic E-state index is 0.875. The number of para-hydroxylation sites is 2. The van der Waals surface area contributed by atoms with Gasteiger partial charge in [-0.15, -0.1) is 0 Å². The van der Waals surface area contributed by atoms with Crippen LogP contribution < -0.4 is 0 Å². The molecular weight excluding hydrogens is 573 g/mol. The number of pyridine rings is 1. The Balaban J connectivity index is 1.20. The van der Waals surface area contributed by atoms with Crippen molar-refractivity contribution in [1.82, 2.24) is 18.5 Å². The Hall–Kier alpha value is -6.39. The highest BCUT2D eigenvalue weighted by Gasteiger charge is 2.21. The van der Waals surface area contributed by atoms with E-state index >= 15 is 0 Å². The van der Waals surface area contributed by atoms with E-state index in [4.69, 9.17) is 4.98 Å². The normalized spacial score (nSPS) is 11.8. The van der Waals surface area contributed by atoms with Crippen molar-refractivity contribution in [3.05, 3.63) is 170 Å². The van der Waals surface area contributed by atoms with Crippen LogP contribution in [0.3, 0.4) is 0 Å². The lowest BCUT2D eigenvalue weighted by Crippen LogP contribution is -2.01. The van der Waals surface area contributed by atoms with Crippen molar-refractivity contribution in [1.29, 1.82) is 0 Å². The van der Waals surface area contributed by atoms with Gasteiger partial charge in [0.2, 0.25) is 5.95 Å². The summed E-state index contributed by atoms with van der Waals surface area (Å²) in [6.07, 6.45) is 4.30. The minimum atomic E-state index is 0.875. The van der Waals surface area contributed by atoms with Crippen LogP contribution in [0.25, 0.3) is 83.0 Å². The van der Waals surface area contributed by atoms with Gasteiger partial charge in [0, 0.05) is 39.8 Å². The molecule has 4 heteroatoms. The SMILES string of the molecule is c1ccc(-n2ccc3c2ccc2c4ccccc4n(-c4nc(-c5ccc(-c6cccc7ccccc67)cc5)c5ccccn45)c23)cc1. The number of hydrogen-bond acceptors (Lipinski definition) is 1. The highest BCUT2D eigenvalue weighted by Crippen LogP contribution is 2.39. The van der Waals surface area contributed by atoms with Gasteiger partial charge >= 0.3 is 0 Å². The molecule has 10 aromatic rings. The first-order valence-corrected chi connectivity index (χ1v) is 16.0. The van der Waals surface area contributed by atoms with Gasteiger partial charge in [0.15, 0.2) is 0 Å². The fourth-order valence-corrected chi connectivity index (χ4v) is 7.37. The second-order valence-corrected chi connectivity index (χ2v) is 12.1. The van der Waals surface area contributed by atoms with E-state index in [-0.39, 0.29) is 0 Å². The first kappa shape index (κ1) is 25.9. The van der Waals surface area contributed by atoms with E-state index in [1.54, 1.807) is 0 Å². The lowest BCUT2D eigenvalue weighted by molar-refractivity contribution is 0.986. The van der Waals surface area contributed by atoms with E-state index in [0.29, 0.717) is 0 Å². The van der Waals surface area contributed by atoms with Crippen molar-refractivity contribution < 1.29 is 0 Å². The van der Waals surface area contributed by atoms with Crippen LogP contribution in [0.4, 0.5) is 0 Å². The highest BCUT2D eigenvalue weighted by molar-refractivity contribution is 6.18. The Morgan fingerprint density at radius 3 is 2.04 bits per heavy atom. The second kappa shape index (κ2) is 10.1. The average molecular weight is 601 g/mol. The summed E-state index contributed by atoms with van der Waals surface area (Å²) < 4.78 is 6.85. The summed E-state index contributed by atoms with van der Waals surface area (Å²) in [5.74, 6) is 0.875. The van der Waals surface area contributed by atoms with Gasteiger partial charge in [0.05, 0.1) is 27.8 Å². The zero-order chi connectivity index (χ0) is 30.9. The van der Waals surface area contributed by atoms with E-state index < -0.39 is 0 Å². The molecule has 0 radical (unpaired) electrons. The van der Waals surface area contributed by atoms with Crippen molar-refractivity contribution in [2.45, 2.75) is 0 Å². The van der Waals surface area contributed by atoms with Crippen molar-refractivity contribution in [3.63, 3.8) is 0 Å². The number of rotatable bonds is 4. The molecular formula is C43H28N4. The molecule has 0 saturated heterocycles. The molecule has 0 fully saturated rings.